The van der Waals surface area contributed by atoms with Crippen LogP contribution in [0.25, 0.3) is 44.1 Å². The molecule has 3 heteroatoms. The Hall–Kier alpha value is -3.20. The highest BCUT2D eigenvalue weighted by Crippen LogP contribution is 2.35. The largest absolute Gasteiger partial charge is 0.452 e. The zero-order chi connectivity index (χ0) is 18.6. The van der Waals surface area contributed by atoms with E-state index in [1.165, 1.54) is 10.9 Å². The Labute approximate surface area is 157 Å². The van der Waals surface area contributed by atoms with Crippen molar-refractivity contribution in [3.05, 3.63) is 72.6 Å². The van der Waals surface area contributed by atoms with Gasteiger partial charge in [-0.25, -0.2) is 9.97 Å². The minimum atomic E-state index is 0.124. The number of aromatic nitrogens is 2. The van der Waals surface area contributed by atoms with Gasteiger partial charge in [-0.2, -0.15) is 0 Å². The van der Waals surface area contributed by atoms with E-state index >= 15 is 0 Å². The topological polar surface area (TPSA) is 38.9 Å². The predicted octanol–water partition coefficient (Wildman–Crippen LogP) is 6.49. The van der Waals surface area contributed by atoms with Gasteiger partial charge in [-0.1, -0.05) is 69.3 Å². The minimum absolute atomic E-state index is 0.124. The Morgan fingerprint density at radius 2 is 1.52 bits per heavy atom. The highest BCUT2D eigenvalue weighted by Gasteiger charge is 2.17. The molecule has 5 rings (SSSR count). The molecule has 0 saturated heterocycles. The van der Waals surface area contributed by atoms with Gasteiger partial charge < -0.3 is 4.42 Å². The summed E-state index contributed by atoms with van der Waals surface area (Å²) in [5.74, 6) is 0. The smallest absolute Gasteiger partial charge is 0.180 e. The summed E-state index contributed by atoms with van der Waals surface area (Å²) in [6.07, 6.45) is 1.62. The standard InChI is InChI=1S/C24H20N2O/c1-24(2,3)18-10-8-15(9-11-18)21-23-22(26-14-25-21)19-12-16-6-4-5-7-17(16)13-20(19)27-23/h4-14H,1-3H3. The van der Waals surface area contributed by atoms with Crippen LogP contribution >= 0.6 is 0 Å². The third-order valence-electron chi connectivity index (χ3n) is 5.14. The molecule has 0 radical (unpaired) electrons. The van der Waals surface area contributed by atoms with Crippen LogP contribution in [-0.4, -0.2) is 9.97 Å². The molecule has 0 atom stereocenters. The molecule has 3 aromatic carbocycles. The van der Waals surface area contributed by atoms with Crippen molar-refractivity contribution in [2.75, 3.05) is 0 Å². The van der Waals surface area contributed by atoms with Crippen LogP contribution in [0.15, 0.2) is 71.4 Å². The van der Waals surface area contributed by atoms with Gasteiger partial charge in [0, 0.05) is 10.9 Å². The first kappa shape index (κ1) is 16.0. The molecule has 0 amide bonds. The normalized spacial score (nSPS) is 12.3. The van der Waals surface area contributed by atoms with Crippen molar-refractivity contribution in [2.45, 2.75) is 26.2 Å². The molecule has 0 unspecified atom stereocenters. The number of furan rings is 1. The van der Waals surface area contributed by atoms with E-state index in [2.05, 4.69) is 79.3 Å². The van der Waals surface area contributed by atoms with Crippen LogP contribution in [-0.2, 0) is 5.41 Å². The number of benzene rings is 3. The fourth-order valence-corrected chi connectivity index (χ4v) is 3.59. The van der Waals surface area contributed by atoms with Gasteiger partial charge in [0.25, 0.3) is 0 Å². The molecule has 0 aliphatic carbocycles. The van der Waals surface area contributed by atoms with Gasteiger partial charge in [-0.05, 0) is 33.9 Å². The molecule has 0 bridgehead atoms. The van der Waals surface area contributed by atoms with E-state index in [0.717, 1.165) is 38.7 Å². The lowest BCUT2D eigenvalue weighted by atomic mass is 9.86. The Kier molecular flexibility index (Phi) is 3.35. The van der Waals surface area contributed by atoms with Crippen molar-refractivity contribution in [1.29, 1.82) is 0 Å². The average Bonchev–Trinajstić information content (AvgIpc) is 3.03. The van der Waals surface area contributed by atoms with E-state index in [9.17, 15) is 0 Å². The second kappa shape index (κ2) is 5.65. The minimum Gasteiger partial charge on any atom is -0.452 e. The zero-order valence-corrected chi connectivity index (χ0v) is 15.7. The fraction of sp³-hybridized carbons (Fsp3) is 0.167. The molecule has 2 heterocycles. The lowest BCUT2D eigenvalue weighted by Crippen LogP contribution is -2.10. The molecule has 0 fully saturated rings. The van der Waals surface area contributed by atoms with Crippen LogP contribution in [0.5, 0.6) is 0 Å². The Balaban J connectivity index is 1.74. The summed E-state index contributed by atoms with van der Waals surface area (Å²) >= 11 is 0. The molecular weight excluding hydrogens is 332 g/mol. The maximum atomic E-state index is 6.22. The quantitative estimate of drug-likeness (QED) is 0.346. The monoisotopic (exact) mass is 352 g/mol. The summed E-state index contributed by atoms with van der Waals surface area (Å²) < 4.78 is 6.22. The summed E-state index contributed by atoms with van der Waals surface area (Å²) in [5.41, 5.74) is 5.75. The molecule has 2 aromatic heterocycles. The van der Waals surface area contributed by atoms with Crippen LogP contribution < -0.4 is 0 Å². The molecular formula is C24H20N2O. The maximum absolute atomic E-state index is 6.22. The molecule has 0 N–H and O–H groups in total. The van der Waals surface area contributed by atoms with E-state index in [1.807, 2.05) is 12.1 Å². The van der Waals surface area contributed by atoms with Crippen LogP contribution in [0.4, 0.5) is 0 Å². The number of hydrogen-bond acceptors (Lipinski definition) is 3. The van der Waals surface area contributed by atoms with Crippen LogP contribution in [0, 0.1) is 0 Å². The Bertz CT molecular complexity index is 1290. The first-order chi connectivity index (χ1) is 13.0. The Morgan fingerprint density at radius 3 is 2.22 bits per heavy atom. The van der Waals surface area contributed by atoms with Gasteiger partial charge in [-0.3, -0.25) is 0 Å². The Morgan fingerprint density at radius 1 is 0.815 bits per heavy atom. The van der Waals surface area contributed by atoms with Crippen molar-refractivity contribution < 1.29 is 4.42 Å². The van der Waals surface area contributed by atoms with Gasteiger partial charge in [0.2, 0.25) is 0 Å². The first-order valence-corrected chi connectivity index (χ1v) is 9.18. The van der Waals surface area contributed by atoms with Crippen molar-refractivity contribution in [1.82, 2.24) is 9.97 Å². The van der Waals surface area contributed by atoms with E-state index in [0.29, 0.717) is 0 Å². The van der Waals surface area contributed by atoms with Gasteiger partial charge >= 0.3 is 0 Å². The summed E-state index contributed by atoms with van der Waals surface area (Å²) in [6, 6.07) is 21.1. The average molecular weight is 352 g/mol. The van der Waals surface area contributed by atoms with Crippen LogP contribution in [0.2, 0.25) is 0 Å². The molecule has 5 aromatic rings. The number of nitrogens with zero attached hydrogens (tertiary/aromatic N) is 2. The van der Waals surface area contributed by atoms with Crippen molar-refractivity contribution >= 4 is 32.8 Å². The van der Waals surface area contributed by atoms with E-state index < -0.39 is 0 Å². The van der Waals surface area contributed by atoms with Gasteiger partial charge in [-0.15, -0.1) is 0 Å². The second-order valence-electron chi connectivity index (χ2n) is 8.02. The van der Waals surface area contributed by atoms with Crippen molar-refractivity contribution in [3.63, 3.8) is 0 Å². The first-order valence-electron chi connectivity index (χ1n) is 9.18. The van der Waals surface area contributed by atoms with Crippen LogP contribution in [0.1, 0.15) is 26.3 Å². The molecule has 0 saturated carbocycles. The zero-order valence-electron chi connectivity index (χ0n) is 15.7. The highest BCUT2D eigenvalue weighted by molar-refractivity contribution is 6.10. The van der Waals surface area contributed by atoms with Crippen LogP contribution in [0.3, 0.4) is 0 Å². The lowest BCUT2D eigenvalue weighted by molar-refractivity contribution is 0.590. The van der Waals surface area contributed by atoms with E-state index in [4.69, 9.17) is 4.42 Å². The lowest BCUT2D eigenvalue weighted by Gasteiger charge is -2.19. The third kappa shape index (κ3) is 2.58. The van der Waals surface area contributed by atoms with E-state index in [1.54, 1.807) is 6.33 Å². The molecule has 3 nitrogen and oxygen atoms in total. The third-order valence-corrected chi connectivity index (χ3v) is 5.14. The molecule has 132 valence electrons. The van der Waals surface area contributed by atoms with Gasteiger partial charge in [0.1, 0.15) is 23.1 Å². The summed E-state index contributed by atoms with van der Waals surface area (Å²) in [7, 11) is 0. The maximum Gasteiger partial charge on any atom is 0.180 e. The molecule has 0 spiro atoms. The van der Waals surface area contributed by atoms with Crippen molar-refractivity contribution in [2.24, 2.45) is 0 Å². The van der Waals surface area contributed by atoms with Crippen molar-refractivity contribution in [3.8, 4) is 11.3 Å². The van der Waals surface area contributed by atoms with E-state index in [-0.39, 0.29) is 5.41 Å². The number of rotatable bonds is 1. The number of hydrogen-bond donors (Lipinski definition) is 0. The van der Waals surface area contributed by atoms with Gasteiger partial charge in [0.05, 0.1) is 0 Å². The second-order valence-corrected chi connectivity index (χ2v) is 8.02. The molecule has 0 aliphatic rings. The summed E-state index contributed by atoms with van der Waals surface area (Å²) in [4.78, 5) is 9.04. The summed E-state index contributed by atoms with van der Waals surface area (Å²) in [5, 5.41) is 3.37. The highest BCUT2D eigenvalue weighted by atomic mass is 16.3. The fourth-order valence-electron chi connectivity index (χ4n) is 3.59. The SMILES string of the molecule is CC(C)(C)c1ccc(-c2ncnc3c2oc2cc4ccccc4cc23)cc1. The number of fused-ring (bicyclic) bond motifs is 4. The molecule has 27 heavy (non-hydrogen) atoms. The molecule has 0 aliphatic heterocycles. The van der Waals surface area contributed by atoms with Gasteiger partial charge in [0.15, 0.2) is 5.58 Å². The predicted molar refractivity (Wildman–Crippen MR) is 111 cm³/mol. The summed E-state index contributed by atoms with van der Waals surface area (Å²) in [6.45, 7) is 6.65.